The van der Waals surface area contributed by atoms with Crippen LogP contribution in [0.3, 0.4) is 0 Å². The molecule has 0 spiro atoms. The van der Waals surface area contributed by atoms with E-state index in [-0.39, 0.29) is 13.2 Å². The average Bonchev–Trinajstić information content (AvgIpc) is 2.53. The molecule has 0 aromatic rings. The molecule has 0 atom stereocenters. The highest BCUT2D eigenvalue weighted by Crippen LogP contribution is 1.89. The third-order valence-corrected chi connectivity index (χ3v) is 0.733. The number of hydrogen-bond donors (Lipinski definition) is 0. The molecule has 0 aliphatic rings. The first-order chi connectivity index (χ1) is 9.63. The fourth-order valence-electron chi connectivity index (χ4n) is 0.244. The van der Waals surface area contributed by atoms with Gasteiger partial charge in [-0.15, -0.1) is 65.8 Å². The maximum Gasteiger partial charge on any atom is 0.403 e. The molecule has 0 N–H and O–H groups in total. The molecule has 0 saturated carbocycles. The van der Waals surface area contributed by atoms with E-state index in [0.717, 1.165) is 0 Å². The summed E-state index contributed by atoms with van der Waals surface area (Å²) >= 11 is 9.52. The zero-order chi connectivity index (χ0) is 18.0. The third-order valence-electron chi connectivity index (χ3n) is 0.514. The Bertz CT molecular complexity index is 172. The number of ether oxygens (including phenoxy) is 2. The summed E-state index contributed by atoms with van der Waals surface area (Å²) in [4.78, 5) is 19.7. The molecule has 0 rings (SSSR count). The van der Waals surface area contributed by atoms with E-state index < -0.39 is 10.9 Å². The van der Waals surface area contributed by atoms with Gasteiger partial charge in [0.15, 0.2) is 0 Å². The Morgan fingerprint density at radius 1 is 0.600 bits per heavy atom. The van der Waals surface area contributed by atoms with E-state index in [2.05, 4.69) is 75.3 Å². The molecule has 0 unspecified atom stereocenters. The van der Waals surface area contributed by atoms with Crippen molar-refractivity contribution in [2.24, 2.45) is 0 Å². The maximum absolute atomic E-state index is 9.86. The summed E-state index contributed by atoms with van der Waals surface area (Å²) in [6, 6.07) is 0. The van der Waals surface area contributed by atoms with Crippen LogP contribution in [0.1, 0.15) is 0 Å². The molecule has 0 heterocycles. The summed E-state index contributed by atoms with van der Waals surface area (Å²) in [5.41, 5.74) is -1.88. The van der Waals surface area contributed by atoms with Crippen LogP contribution in [-0.2, 0) is 9.47 Å². The van der Waals surface area contributed by atoms with Crippen molar-refractivity contribution < 1.29 is 19.1 Å². The molecular weight excluding hydrogens is 303 g/mol. The van der Waals surface area contributed by atoms with Crippen LogP contribution >= 0.6 is 23.2 Å². The van der Waals surface area contributed by atoms with E-state index in [1.807, 2.05) is 0 Å². The first kappa shape index (κ1) is 36.2. The Labute approximate surface area is 132 Å². The molecule has 0 fully saturated rings. The van der Waals surface area contributed by atoms with Gasteiger partial charge in [-0.3, -0.25) is 0 Å². The van der Waals surface area contributed by atoms with Gasteiger partial charge in [-0.25, -0.2) is 9.59 Å². The lowest BCUT2D eigenvalue weighted by molar-refractivity contribution is 0.121. The van der Waals surface area contributed by atoms with Crippen LogP contribution in [0.5, 0.6) is 0 Å². The van der Waals surface area contributed by atoms with Crippen LogP contribution in [0.2, 0.25) is 0 Å². The van der Waals surface area contributed by atoms with E-state index in [9.17, 15) is 9.59 Å². The molecule has 0 bridgehead atoms. The van der Waals surface area contributed by atoms with Gasteiger partial charge in [-0.1, -0.05) is 0 Å². The fourth-order valence-corrected chi connectivity index (χ4v) is 0.398. The van der Waals surface area contributed by atoms with Crippen LogP contribution in [0.25, 0.3) is 0 Å². The van der Waals surface area contributed by atoms with Gasteiger partial charge < -0.3 is 9.47 Å². The number of carbonyl (C=O) groups is 2. The van der Waals surface area contributed by atoms with Crippen molar-refractivity contribution in [1.29, 1.82) is 0 Å². The summed E-state index contributed by atoms with van der Waals surface area (Å²) in [5, 5.41) is 0. The third kappa shape index (κ3) is 138. The summed E-state index contributed by atoms with van der Waals surface area (Å²) < 4.78 is 8.37. The lowest BCUT2D eigenvalue weighted by Crippen LogP contribution is -2.06. The quantitative estimate of drug-likeness (QED) is 0.376. The van der Waals surface area contributed by atoms with Crippen LogP contribution in [0.4, 0.5) is 9.59 Å². The van der Waals surface area contributed by atoms with E-state index in [0.29, 0.717) is 0 Å². The molecule has 0 aromatic carbocycles. The number of hydrogen-bond acceptors (Lipinski definition) is 4. The summed E-state index contributed by atoms with van der Waals surface area (Å²) in [7, 11) is 0. The summed E-state index contributed by atoms with van der Waals surface area (Å²) in [6.07, 6.45) is 0. The Morgan fingerprint density at radius 2 is 0.750 bits per heavy atom. The predicted octanol–water partition coefficient (Wildman–Crippen LogP) is 5.75. The van der Waals surface area contributed by atoms with Gasteiger partial charge in [0.1, 0.15) is 13.2 Å². The SMILES string of the molecule is C=C.C=C.C=C.C=C.C=C.O=C(Cl)OCCOC(=O)Cl. The van der Waals surface area contributed by atoms with Gasteiger partial charge in [-0.2, -0.15) is 0 Å². The molecule has 0 amide bonds. The van der Waals surface area contributed by atoms with Gasteiger partial charge >= 0.3 is 10.9 Å². The van der Waals surface area contributed by atoms with Crippen molar-refractivity contribution in [2.75, 3.05) is 13.2 Å². The molecular formula is C14H24Cl2O4. The topological polar surface area (TPSA) is 52.6 Å². The van der Waals surface area contributed by atoms with Crippen molar-refractivity contribution in [2.45, 2.75) is 0 Å². The van der Waals surface area contributed by atoms with E-state index in [1.54, 1.807) is 0 Å². The minimum Gasteiger partial charge on any atom is -0.450 e. The highest BCUT2D eigenvalue weighted by Gasteiger charge is 1.97. The molecule has 0 radical (unpaired) electrons. The minimum absolute atomic E-state index is 0.0825. The molecule has 0 saturated heterocycles. The Kier molecular flexibility index (Phi) is 121. The van der Waals surface area contributed by atoms with Gasteiger partial charge in [0, 0.05) is 23.2 Å². The van der Waals surface area contributed by atoms with E-state index in [4.69, 9.17) is 23.2 Å². The molecule has 6 heteroatoms. The van der Waals surface area contributed by atoms with Crippen LogP contribution < -0.4 is 0 Å². The first-order valence-corrected chi connectivity index (χ1v) is 5.53. The van der Waals surface area contributed by atoms with Crippen molar-refractivity contribution in [3.05, 3.63) is 65.8 Å². The lowest BCUT2D eigenvalue weighted by Gasteiger charge is -1.98. The van der Waals surface area contributed by atoms with Crippen LogP contribution in [0, 0.1) is 0 Å². The highest BCUT2D eigenvalue weighted by molar-refractivity contribution is 6.61. The molecule has 118 valence electrons. The molecule has 20 heavy (non-hydrogen) atoms. The van der Waals surface area contributed by atoms with E-state index in [1.165, 1.54) is 0 Å². The summed E-state index contributed by atoms with van der Waals surface area (Å²) in [6.45, 7) is 29.8. The Balaban J connectivity index is -0.0000000412. The number of halogens is 2. The molecule has 4 nitrogen and oxygen atoms in total. The second-order valence-corrected chi connectivity index (χ2v) is 1.79. The molecule has 0 aliphatic heterocycles. The van der Waals surface area contributed by atoms with Gasteiger partial charge in [-0.05, 0) is 0 Å². The first-order valence-electron chi connectivity index (χ1n) is 4.77. The van der Waals surface area contributed by atoms with Crippen molar-refractivity contribution >= 4 is 34.1 Å². The second kappa shape index (κ2) is 67.0. The van der Waals surface area contributed by atoms with Gasteiger partial charge in [0.25, 0.3) is 0 Å². The van der Waals surface area contributed by atoms with Crippen LogP contribution in [-0.4, -0.2) is 24.1 Å². The van der Waals surface area contributed by atoms with Crippen molar-refractivity contribution in [1.82, 2.24) is 0 Å². The molecule has 0 aliphatic carbocycles. The van der Waals surface area contributed by atoms with Crippen molar-refractivity contribution in [3.63, 3.8) is 0 Å². The smallest absolute Gasteiger partial charge is 0.403 e. The number of carbonyl (C=O) groups excluding carboxylic acids is 2. The predicted molar refractivity (Wildman–Crippen MR) is 90.7 cm³/mol. The van der Waals surface area contributed by atoms with Gasteiger partial charge in [0.2, 0.25) is 0 Å². The summed E-state index contributed by atoms with van der Waals surface area (Å²) in [5.74, 6) is 0. The van der Waals surface area contributed by atoms with E-state index >= 15 is 0 Å². The zero-order valence-electron chi connectivity index (χ0n) is 11.9. The lowest BCUT2D eigenvalue weighted by atomic mass is 10.8. The standard InChI is InChI=1S/C4H4Cl2O4.5C2H4/c5-3(7)9-1-2-10-4(6)8;5*1-2/h1-2H2;5*1-2H2. The van der Waals surface area contributed by atoms with Gasteiger partial charge in [0.05, 0.1) is 0 Å². The maximum atomic E-state index is 9.86. The normalized spacial score (nSPS) is 5.30. The highest BCUT2D eigenvalue weighted by atomic mass is 35.5. The monoisotopic (exact) mass is 326 g/mol. The Hall–Kier alpha value is -1.78. The Morgan fingerprint density at radius 3 is 0.850 bits per heavy atom. The largest absolute Gasteiger partial charge is 0.450 e. The molecule has 0 aromatic heterocycles. The zero-order valence-corrected chi connectivity index (χ0v) is 13.4. The number of rotatable bonds is 3. The van der Waals surface area contributed by atoms with Crippen molar-refractivity contribution in [3.8, 4) is 0 Å². The average molecular weight is 327 g/mol. The fraction of sp³-hybridized carbons (Fsp3) is 0.143. The minimum atomic E-state index is -0.939. The second-order valence-electron chi connectivity index (χ2n) is 1.17. The van der Waals surface area contributed by atoms with Crippen LogP contribution in [0.15, 0.2) is 65.8 Å².